The van der Waals surface area contributed by atoms with Gasteiger partial charge in [0.2, 0.25) is 0 Å². The summed E-state index contributed by atoms with van der Waals surface area (Å²) in [4.78, 5) is 0. The van der Waals surface area contributed by atoms with Gasteiger partial charge in [0.1, 0.15) is 11.7 Å². The van der Waals surface area contributed by atoms with E-state index in [0.717, 1.165) is 51.6 Å². The van der Waals surface area contributed by atoms with E-state index >= 15 is 0 Å². The van der Waals surface area contributed by atoms with E-state index in [4.69, 9.17) is 28.4 Å². The number of aliphatic hydroxyl groups excluding tert-OH is 1. The van der Waals surface area contributed by atoms with Gasteiger partial charge in [-0.3, -0.25) is 0 Å². The zero-order chi connectivity index (χ0) is 31.1. The van der Waals surface area contributed by atoms with Crippen molar-refractivity contribution in [2.45, 2.75) is 154 Å². The van der Waals surface area contributed by atoms with Crippen molar-refractivity contribution in [2.24, 2.45) is 46.3 Å². The molecule has 248 valence electrons. The summed E-state index contributed by atoms with van der Waals surface area (Å²) in [5, 5.41) is 11.5. The van der Waals surface area contributed by atoms with Crippen molar-refractivity contribution in [2.75, 3.05) is 19.8 Å². The first-order chi connectivity index (χ1) is 20.8. The Morgan fingerprint density at radius 3 is 2.32 bits per heavy atom. The molecule has 3 aliphatic heterocycles. The van der Waals surface area contributed by atoms with Gasteiger partial charge in [0, 0.05) is 18.9 Å². The minimum absolute atomic E-state index is 0.0852. The summed E-state index contributed by atoms with van der Waals surface area (Å²) in [5.74, 6) is 8.06. The molecular weight excluding hydrogens is 556 g/mol. The van der Waals surface area contributed by atoms with Crippen molar-refractivity contribution >= 4 is 0 Å². The Labute approximate surface area is 265 Å². The minimum Gasteiger partial charge on any atom is -0.380 e. The van der Waals surface area contributed by atoms with Crippen LogP contribution >= 0.6 is 0 Å². The molecule has 7 heteroatoms. The molecule has 7 rings (SSSR count). The summed E-state index contributed by atoms with van der Waals surface area (Å²) in [6.45, 7) is 17.5. The number of hydrogen-bond acceptors (Lipinski definition) is 7. The molecule has 0 aromatic rings. The van der Waals surface area contributed by atoms with Crippen LogP contribution in [-0.4, -0.2) is 66.7 Å². The van der Waals surface area contributed by atoms with E-state index in [1.807, 2.05) is 13.8 Å². The van der Waals surface area contributed by atoms with Gasteiger partial charge >= 0.3 is 0 Å². The Kier molecular flexibility index (Phi) is 8.09. The summed E-state index contributed by atoms with van der Waals surface area (Å²) in [6.07, 6.45) is 10.2. The molecule has 3 heterocycles. The first-order valence-corrected chi connectivity index (χ1v) is 17.9. The zero-order valence-electron chi connectivity index (χ0n) is 28.4. The average molecular weight is 615 g/mol. The maximum Gasteiger partial charge on any atom is 0.172 e. The topological polar surface area (TPSA) is 75.6 Å². The monoisotopic (exact) mass is 614 g/mol. The zero-order valence-corrected chi connectivity index (χ0v) is 28.4. The molecule has 12 atom stereocenters. The van der Waals surface area contributed by atoms with Gasteiger partial charge in [-0.15, -0.1) is 0 Å². The molecule has 44 heavy (non-hydrogen) atoms. The third-order valence-electron chi connectivity index (χ3n) is 13.6. The van der Waals surface area contributed by atoms with Crippen LogP contribution in [0, 0.1) is 58.2 Å². The van der Waals surface area contributed by atoms with Crippen LogP contribution < -0.4 is 0 Å². The first kappa shape index (κ1) is 31.9. The highest BCUT2D eigenvalue weighted by molar-refractivity contribution is 5.19. The Hall–Kier alpha value is -0.720. The molecule has 4 saturated carbocycles. The van der Waals surface area contributed by atoms with Gasteiger partial charge in [-0.05, 0) is 126 Å². The molecule has 0 radical (unpaired) electrons. The molecule has 0 bridgehead atoms. The lowest BCUT2D eigenvalue weighted by Crippen LogP contribution is -2.65. The number of aliphatic hydroxyl groups is 1. The van der Waals surface area contributed by atoms with Crippen molar-refractivity contribution in [3.05, 3.63) is 0 Å². The Balaban J connectivity index is 1.10. The second-order valence-electron chi connectivity index (χ2n) is 17.0. The van der Waals surface area contributed by atoms with Gasteiger partial charge < -0.3 is 33.5 Å². The predicted molar refractivity (Wildman–Crippen MR) is 166 cm³/mol. The summed E-state index contributed by atoms with van der Waals surface area (Å²) in [5.41, 5.74) is -0.406. The normalized spacial score (nSPS) is 47.1. The van der Waals surface area contributed by atoms with Crippen LogP contribution in [0.5, 0.6) is 0 Å². The van der Waals surface area contributed by atoms with Crippen molar-refractivity contribution in [1.29, 1.82) is 0 Å². The Bertz CT molecular complexity index is 1130. The van der Waals surface area contributed by atoms with Crippen LogP contribution in [0.25, 0.3) is 0 Å². The van der Waals surface area contributed by atoms with E-state index in [9.17, 15) is 5.11 Å². The molecule has 7 fully saturated rings. The number of fused-ring (bicyclic) bond motifs is 7. The highest BCUT2D eigenvalue weighted by Crippen LogP contribution is 2.71. The van der Waals surface area contributed by atoms with Crippen LogP contribution in [-0.2, 0) is 28.4 Å². The van der Waals surface area contributed by atoms with Crippen molar-refractivity contribution in [3.8, 4) is 11.8 Å². The lowest BCUT2D eigenvalue weighted by molar-refractivity contribution is -0.300. The van der Waals surface area contributed by atoms with E-state index in [1.54, 1.807) is 0 Å². The minimum atomic E-state index is -0.678. The van der Waals surface area contributed by atoms with Crippen LogP contribution in [0.3, 0.4) is 0 Å². The van der Waals surface area contributed by atoms with Crippen molar-refractivity contribution in [3.63, 3.8) is 0 Å². The molecule has 1 spiro atoms. The van der Waals surface area contributed by atoms with Gasteiger partial charge in [0.15, 0.2) is 17.9 Å². The number of hydrogen-bond donors (Lipinski definition) is 1. The second kappa shape index (κ2) is 11.2. The predicted octanol–water partition coefficient (Wildman–Crippen LogP) is 6.45. The molecule has 1 N–H and O–H groups in total. The van der Waals surface area contributed by atoms with Crippen LogP contribution in [0.2, 0.25) is 0 Å². The molecule has 0 aromatic carbocycles. The van der Waals surface area contributed by atoms with Gasteiger partial charge in [-0.2, -0.15) is 0 Å². The molecule has 7 nitrogen and oxygen atoms in total. The Morgan fingerprint density at radius 2 is 1.59 bits per heavy atom. The molecule has 0 aromatic heterocycles. The van der Waals surface area contributed by atoms with Gasteiger partial charge in [-0.1, -0.05) is 32.6 Å². The summed E-state index contributed by atoms with van der Waals surface area (Å²) >= 11 is 0. The lowest BCUT2D eigenvalue weighted by atomic mass is 9.42. The number of rotatable bonds is 4. The largest absolute Gasteiger partial charge is 0.380 e. The fourth-order valence-electron chi connectivity index (χ4n) is 11.8. The SMILES string of the molecule is C[C@@H]([C@H]1CC[C@H]2[C@@H]3CC4(OCCO4)[C@H]4C[C@@H]5OC(C)(C)O[C@@H]5C[C@]4(C)[C@H]3CC[C@]12C)[C@@H](O)C#CC(C)(C)OC1CCCCO1. The maximum atomic E-state index is 11.5. The summed E-state index contributed by atoms with van der Waals surface area (Å²) in [7, 11) is 0. The van der Waals surface area contributed by atoms with Crippen LogP contribution in [0.15, 0.2) is 0 Å². The first-order valence-electron chi connectivity index (χ1n) is 17.9. The standard InChI is InChI=1S/C37H58O7/c1-23(28(38)14-15-33(2,3)44-32-10-8-9-17-39-32)25-11-12-26-24-21-37(40-18-19-41-37)31-20-29-30(43-34(4,5)42-29)22-36(31,7)27(24)13-16-35(25,26)6/h23-32,38H,8-13,16-22H2,1-7H3/t23-,24-,25+,26-,27-,28-,29-,30+,31-,32?,35+,36+/m0/s1. The highest BCUT2D eigenvalue weighted by Gasteiger charge is 2.70. The fraction of sp³-hybridized carbons (Fsp3) is 0.946. The molecular formula is C37H58O7. The van der Waals surface area contributed by atoms with Gasteiger partial charge in [0.05, 0.1) is 25.4 Å². The highest BCUT2D eigenvalue weighted by atomic mass is 16.8. The van der Waals surface area contributed by atoms with Crippen molar-refractivity contribution < 1.29 is 33.5 Å². The summed E-state index contributed by atoms with van der Waals surface area (Å²) < 4.78 is 38.3. The van der Waals surface area contributed by atoms with E-state index in [2.05, 4.69) is 46.5 Å². The average Bonchev–Trinajstić information content (AvgIpc) is 3.65. The third kappa shape index (κ3) is 5.31. The van der Waals surface area contributed by atoms with E-state index in [1.165, 1.54) is 19.3 Å². The molecule has 4 aliphatic carbocycles. The fourth-order valence-corrected chi connectivity index (χ4v) is 11.8. The van der Waals surface area contributed by atoms with Crippen LogP contribution in [0.4, 0.5) is 0 Å². The van der Waals surface area contributed by atoms with E-state index in [0.29, 0.717) is 42.8 Å². The Morgan fingerprint density at radius 1 is 0.864 bits per heavy atom. The molecule has 1 unspecified atom stereocenters. The summed E-state index contributed by atoms with van der Waals surface area (Å²) in [6, 6.07) is 0. The maximum absolute atomic E-state index is 11.5. The van der Waals surface area contributed by atoms with Gasteiger partial charge in [0.25, 0.3) is 0 Å². The van der Waals surface area contributed by atoms with Crippen LogP contribution in [0.1, 0.15) is 113 Å². The number of ether oxygens (including phenoxy) is 6. The second-order valence-corrected chi connectivity index (χ2v) is 17.0. The molecule has 7 aliphatic rings. The van der Waals surface area contributed by atoms with E-state index in [-0.39, 0.29) is 35.2 Å². The van der Waals surface area contributed by atoms with E-state index < -0.39 is 23.3 Å². The molecule has 0 amide bonds. The smallest absolute Gasteiger partial charge is 0.172 e. The third-order valence-corrected chi connectivity index (χ3v) is 13.6. The molecule has 3 saturated heterocycles. The lowest BCUT2D eigenvalue weighted by Gasteiger charge is -2.65. The van der Waals surface area contributed by atoms with Crippen molar-refractivity contribution in [1.82, 2.24) is 0 Å². The van der Waals surface area contributed by atoms with Gasteiger partial charge in [-0.25, -0.2) is 0 Å². The quantitative estimate of drug-likeness (QED) is 0.365.